The minimum Gasteiger partial charge on any atom is -0.508 e. The lowest BCUT2D eigenvalue weighted by Gasteiger charge is -2.10. The molecule has 0 aliphatic heterocycles. The van der Waals surface area contributed by atoms with Gasteiger partial charge in [0, 0.05) is 5.92 Å². The topological polar surface area (TPSA) is 20.2 Å². The fraction of sp³-hybridized carbons (Fsp3) is 0.182. The third kappa shape index (κ3) is 1.50. The van der Waals surface area contributed by atoms with Gasteiger partial charge in [0.25, 0.3) is 0 Å². The van der Waals surface area contributed by atoms with E-state index in [9.17, 15) is 5.11 Å². The first-order valence-corrected chi connectivity index (χ1v) is 3.91. The van der Waals surface area contributed by atoms with Gasteiger partial charge in [-0.3, -0.25) is 0 Å². The SMILES string of the molecule is C=C[C](C)c1cccc(O)c1C. The van der Waals surface area contributed by atoms with Gasteiger partial charge in [-0.2, -0.15) is 0 Å². The second-order valence-corrected chi connectivity index (χ2v) is 2.84. The Labute approximate surface area is 73.4 Å². The second kappa shape index (κ2) is 3.44. The summed E-state index contributed by atoms with van der Waals surface area (Å²) in [6, 6.07) is 5.51. The van der Waals surface area contributed by atoms with Crippen molar-refractivity contribution in [1.82, 2.24) is 0 Å². The summed E-state index contributed by atoms with van der Waals surface area (Å²) < 4.78 is 0. The molecule has 0 amide bonds. The first-order chi connectivity index (χ1) is 5.66. The highest BCUT2D eigenvalue weighted by atomic mass is 16.3. The van der Waals surface area contributed by atoms with Crippen LogP contribution in [0.15, 0.2) is 30.9 Å². The van der Waals surface area contributed by atoms with E-state index in [2.05, 4.69) is 6.58 Å². The summed E-state index contributed by atoms with van der Waals surface area (Å²) in [7, 11) is 0. The molecule has 0 aliphatic rings. The van der Waals surface area contributed by atoms with Crippen molar-refractivity contribution in [2.75, 3.05) is 0 Å². The zero-order valence-electron chi connectivity index (χ0n) is 7.46. The van der Waals surface area contributed by atoms with Crippen LogP contribution in [0.1, 0.15) is 18.1 Å². The third-order valence-corrected chi connectivity index (χ3v) is 2.04. The number of allylic oxidation sites excluding steroid dienone is 1. The normalized spacial score (nSPS) is 10.2. The Balaban J connectivity index is 3.15. The van der Waals surface area contributed by atoms with Gasteiger partial charge in [0.1, 0.15) is 5.75 Å². The summed E-state index contributed by atoms with van der Waals surface area (Å²) in [6.07, 6.45) is 1.79. The molecule has 0 saturated heterocycles. The van der Waals surface area contributed by atoms with Crippen molar-refractivity contribution in [1.29, 1.82) is 0 Å². The Hall–Kier alpha value is -1.24. The van der Waals surface area contributed by atoms with Gasteiger partial charge in [-0.05, 0) is 24.1 Å². The predicted octanol–water partition coefficient (Wildman–Crippen LogP) is 2.83. The Morgan fingerprint density at radius 2 is 2.17 bits per heavy atom. The maximum atomic E-state index is 9.40. The van der Waals surface area contributed by atoms with Gasteiger partial charge in [0.15, 0.2) is 0 Å². The van der Waals surface area contributed by atoms with Crippen molar-refractivity contribution in [3.63, 3.8) is 0 Å². The van der Waals surface area contributed by atoms with Crippen LogP contribution in [0.3, 0.4) is 0 Å². The van der Waals surface area contributed by atoms with E-state index < -0.39 is 0 Å². The molecule has 1 aromatic carbocycles. The highest BCUT2D eigenvalue weighted by Crippen LogP contribution is 2.25. The van der Waals surface area contributed by atoms with Gasteiger partial charge in [0.05, 0.1) is 0 Å². The third-order valence-electron chi connectivity index (χ3n) is 2.04. The standard InChI is InChI=1S/C11H13O/c1-4-8(2)10-6-5-7-11(12)9(10)3/h4-7,12H,1H2,2-3H3. The smallest absolute Gasteiger partial charge is 0.118 e. The first-order valence-electron chi connectivity index (χ1n) is 3.91. The molecule has 0 saturated carbocycles. The molecule has 0 atom stereocenters. The van der Waals surface area contributed by atoms with Crippen LogP contribution in [-0.2, 0) is 0 Å². The van der Waals surface area contributed by atoms with E-state index in [4.69, 9.17) is 0 Å². The lowest BCUT2D eigenvalue weighted by molar-refractivity contribution is 0.470. The monoisotopic (exact) mass is 161 g/mol. The predicted molar refractivity (Wildman–Crippen MR) is 51.1 cm³/mol. The molecule has 0 aliphatic carbocycles. The van der Waals surface area contributed by atoms with Gasteiger partial charge in [-0.1, -0.05) is 25.1 Å². The largest absolute Gasteiger partial charge is 0.508 e. The molecule has 1 nitrogen and oxygen atoms in total. The van der Waals surface area contributed by atoms with Crippen molar-refractivity contribution < 1.29 is 5.11 Å². The molecule has 0 aromatic heterocycles. The maximum Gasteiger partial charge on any atom is 0.118 e. The van der Waals surface area contributed by atoms with Crippen LogP contribution < -0.4 is 0 Å². The van der Waals surface area contributed by atoms with E-state index in [0.717, 1.165) is 17.0 Å². The lowest BCUT2D eigenvalue weighted by atomic mass is 9.96. The number of rotatable bonds is 2. The van der Waals surface area contributed by atoms with Crippen LogP contribution in [0, 0.1) is 12.8 Å². The molecule has 63 valence electrons. The molecule has 0 spiro atoms. The van der Waals surface area contributed by atoms with Gasteiger partial charge < -0.3 is 5.11 Å². The molecule has 1 aromatic rings. The molecule has 1 heteroatoms. The van der Waals surface area contributed by atoms with E-state index in [1.807, 2.05) is 26.0 Å². The molecular formula is C11H13O. The summed E-state index contributed by atoms with van der Waals surface area (Å²) in [4.78, 5) is 0. The molecule has 12 heavy (non-hydrogen) atoms. The van der Waals surface area contributed by atoms with Crippen LogP contribution in [0.5, 0.6) is 5.75 Å². The van der Waals surface area contributed by atoms with Crippen LogP contribution in [0.4, 0.5) is 0 Å². The molecule has 0 unspecified atom stereocenters. The minimum atomic E-state index is 0.341. The Morgan fingerprint density at radius 1 is 1.50 bits per heavy atom. The van der Waals surface area contributed by atoms with E-state index in [-0.39, 0.29) is 0 Å². The summed E-state index contributed by atoms with van der Waals surface area (Å²) >= 11 is 0. The van der Waals surface area contributed by atoms with Crippen LogP contribution in [0.25, 0.3) is 0 Å². The lowest BCUT2D eigenvalue weighted by Crippen LogP contribution is -1.93. The molecule has 0 fully saturated rings. The first kappa shape index (κ1) is 8.85. The highest BCUT2D eigenvalue weighted by Gasteiger charge is 2.07. The fourth-order valence-corrected chi connectivity index (χ4v) is 1.16. The highest BCUT2D eigenvalue weighted by molar-refractivity contribution is 5.47. The number of aromatic hydroxyl groups is 1. The van der Waals surface area contributed by atoms with E-state index in [1.165, 1.54) is 0 Å². The van der Waals surface area contributed by atoms with Gasteiger partial charge in [-0.15, -0.1) is 6.58 Å². The average Bonchev–Trinajstić information content (AvgIpc) is 2.08. The van der Waals surface area contributed by atoms with Crippen molar-refractivity contribution >= 4 is 0 Å². The zero-order valence-corrected chi connectivity index (χ0v) is 7.46. The number of hydrogen-bond donors (Lipinski definition) is 1. The summed E-state index contributed by atoms with van der Waals surface area (Å²) in [5.41, 5.74) is 1.97. The van der Waals surface area contributed by atoms with E-state index >= 15 is 0 Å². The summed E-state index contributed by atoms with van der Waals surface area (Å²) in [5.74, 6) is 1.43. The van der Waals surface area contributed by atoms with Crippen molar-refractivity contribution in [2.24, 2.45) is 0 Å². The van der Waals surface area contributed by atoms with Crippen molar-refractivity contribution in [3.8, 4) is 5.75 Å². The fourth-order valence-electron chi connectivity index (χ4n) is 1.16. The van der Waals surface area contributed by atoms with Crippen molar-refractivity contribution in [2.45, 2.75) is 13.8 Å². The average molecular weight is 161 g/mol. The van der Waals surface area contributed by atoms with E-state index in [0.29, 0.717) is 5.75 Å². The van der Waals surface area contributed by atoms with Gasteiger partial charge in [-0.25, -0.2) is 0 Å². The molecule has 1 N–H and O–H groups in total. The summed E-state index contributed by atoms with van der Waals surface area (Å²) in [6.45, 7) is 7.57. The second-order valence-electron chi connectivity index (χ2n) is 2.84. The Bertz CT molecular complexity index is 289. The van der Waals surface area contributed by atoms with Gasteiger partial charge >= 0.3 is 0 Å². The van der Waals surface area contributed by atoms with E-state index in [1.54, 1.807) is 12.1 Å². The van der Waals surface area contributed by atoms with Gasteiger partial charge in [0.2, 0.25) is 0 Å². The molecule has 0 heterocycles. The number of hydrogen-bond acceptors (Lipinski definition) is 1. The zero-order chi connectivity index (χ0) is 9.14. The van der Waals surface area contributed by atoms with Crippen molar-refractivity contribution in [3.05, 3.63) is 47.9 Å². The quantitative estimate of drug-likeness (QED) is 0.707. The molecule has 0 bridgehead atoms. The number of phenolic OH excluding ortho intramolecular Hbond substituents is 1. The Kier molecular flexibility index (Phi) is 2.54. The molecule has 1 rings (SSSR count). The Morgan fingerprint density at radius 3 is 2.75 bits per heavy atom. The molecular weight excluding hydrogens is 148 g/mol. The van der Waals surface area contributed by atoms with Crippen LogP contribution in [0.2, 0.25) is 0 Å². The van der Waals surface area contributed by atoms with Crippen LogP contribution in [-0.4, -0.2) is 5.11 Å². The number of benzene rings is 1. The molecule has 1 radical (unpaired) electrons. The maximum absolute atomic E-state index is 9.40. The summed E-state index contributed by atoms with van der Waals surface area (Å²) in [5, 5.41) is 9.40. The van der Waals surface area contributed by atoms with Crippen LogP contribution >= 0.6 is 0 Å². The number of phenols is 1. The minimum absolute atomic E-state index is 0.341.